The molecule has 1 saturated heterocycles. The van der Waals surface area contributed by atoms with Gasteiger partial charge in [-0.15, -0.1) is 0 Å². The molecule has 122 valence electrons. The normalized spacial score (nSPS) is 18.2. The molecule has 1 fully saturated rings. The lowest BCUT2D eigenvalue weighted by atomic mass is 9.94. The van der Waals surface area contributed by atoms with E-state index < -0.39 is 0 Å². The largest absolute Gasteiger partial charge is 0.361 e. The summed E-state index contributed by atoms with van der Waals surface area (Å²) in [6.45, 7) is 6.53. The fourth-order valence-electron chi connectivity index (χ4n) is 3.16. The van der Waals surface area contributed by atoms with Crippen LogP contribution in [0.5, 0.6) is 0 Å². The summed E-state index contributed by atoms with van der Waals surface area (Å²) >= 11 is 0. The summed E-state index contributed by atoms with van der Waals surface area (Å²) in [4.78, 5) is 33.3. The molecular formula is C16H20N4O3. The van der Waals surface area contributed by atoms with Gasteiger partial charge in [0.2, 0.25) is 0 Å². The van der Waals surface area contributed by atoms with Crippen LogP contribution in [0.1, 0.15) is 52.1 Å². The van der Waals surface area contributed by atoms with Crippen LogP contribution in [-0.4, -0.2) is 39.0 Å². The van der Waals surface area contributed by atoms with Crippen LogP contribution in [0.4, 0.5) is 0 Å². The molecule has 0 aromatic carbocycles. The van der Waals surface area contributed by atoms with E-state index in [1.807, 2.05) is 0 Å². The van der Waals surface area contributed by atoms with Crippen molar-refractivity contribution in [3.05, 3.63) is 45.0 Å². The van der Waals surface area contributed by atoms with Crippen LogP contribution in [-0.2, 0) is 0 Å². The number of likely N-dealkylation sites (tertiary alicyclic amines) is 1. The second-order valence-electron chi connectivity index (χ2n) is 6.05. The van der Waals surface area contributed by atoms with Gasteiger partial charge in [0.1, 0.15) is 17.1 Å². The van der Waals surface area contributed by atoms with Gasteiger partial charge in [0.25, 0.3) is 11.5 Å². The van der Waals surface area contributed by atoms with Crippen LogP contribution in [0.3, 0.4) is 0 Å². The van der Waals surface area contributed by atoms with Crippen LogP contribution in [0, 0.1) is 20.8 Å². The number of aryl methyl sites for hydroxylation is 3. The minimum atomic E-state index is -0.151. The van der Waals surface area contributed by atoms with Crippen molar-refractivity contribution in [2.75, 3.05) is 13.1 Å². The number of rotatable bonds is 2. The third-order valence-electron chi connectivity index (χ3n) is 4.25. The van der Waals surface area contributed by atoms with E-state index in [2.05, 4.69) is 15.1 Å². The molecule has 1 aliphatic heterocycles. The molecule has 2 aromatic rings. The predicted octanol–water partition coefficient (Wildman–Crippen LogP) is 1.70. The topological polar surface area (TPSA) is 92.1 Å². The van der Waals surface area contributed by atoms with Crippen molar-refractivity contribution in [3.8, 4) is 0 Å². The molecule has 2 aromatic heterocycles. The van der Waals surface area contributed by atoms with Gasteiger partial charge in [-0.25, -0.2) is 4.98 Å². The molecule has 0 radical (unpaired) electrons. The van der Waals surface area contributed by atoms with Crippen molar-refractivity contribution in [1.29, 1.82) is 0 Å². The Bertz CT molecular complexity index is 773. The Balaban J connectivity index is 1.83. The number of amides is 1. The summed E-state index contributed by atoms with van der Waals surface area (Å²) in [5.41, 5.74) is 1.75. The number of aromatic amines is 1. The molecule has 23 heavy (non-hydrogen) atoms. The number of hydrogen-bond donors (Lipinski definition) is 1. The van der Waals surface area contributed by atoms with Crippen LogP contribution < -0.4 is 5.56 Å². The third-order valence-corrected chi connectivity index (χ3v) is 4.25. The van der Waals surface area contributed by atoms with Gasteiger partial charge in [-0.05, 0) is 33.6 Å². The number of hydrogen-bond acceptors (Lipinski definition) is 5. The molecule has 0 aliphatic carbocycles. The number of nitrogens with zero attached hydrogens (tertiary/aromatic N) is 3. The SMILES string of the molecule is Cc1nc(C2CCCN(C(=O)c3c(C)noc3C)C2)cc(=O)[nH]1. The highest BCUT2D eigenvalue weighted by Gasteiger charge is 2.29. The first kappa shape index (κ1) is 15.5. The zero-order valence-electron chi connectivity index (χ0n) is 13.5. The Morgan fingerprint density at radius 3 is 2.83 bits per heavy atom. The van der Waals surface area contributed by atoms with Crippen molar-refractivity contribution in [3.63, 3.8) is 0 Å². The highest BCUT2D eigenvalue weighted by Crippen LogP contribution is 2.27. The minimum absolute atomic E-state index is 0.0625. The molecule has 1 atom stereocenters. The van der Waals surface area contributed by atoms with Crippen molar-refractivity contribution in [2.24, 2.45) is 0 Å². The standard InChI is InChI=1S/C16H20N4O3/c1-9-15(10(2)23-19-9)16(22)20-6-4-5-12(8-20)13-7-14(21)18-11(3)17-13/h7,12H,4-6,8H2,1-3H3,(H,17,18,21). The lowest BCUT2D eigenvalue weighted by Gasteiger charge is -2.32. The van der Waals surface area contributed by atoms with Gasteiger partial charge < -0.3 is 14.4 Å². The maximum Gasteiger partial charge on any atom is 0.259 e. The van der Waals surface area contributed by atoms with Gasteiger partial charge in [0, 0.05) is 25.1 Å². The number of carbonyl (C=O) groups excluding carboxylic acids is 1. The maximum atomic E-state index is 12.8. The van der Waals surface area contributed by atoms with Gasteiger partial charge in [0.15, 0.2) is 0 Å². The first-order valence-corrected chi connectivity index (χ1v) is 7.75. The van der Waals surface area contributed by atoms with Crippen LogP contribution in [0.2, 0.25) is 0 Å². The number of nitrogens with one attached hydrogen (secondary N) is 1. The summed E-state index contributed by atoms with van der Waals surface area (Å²) in [5, 5.41) is 3.85. The van der Waals surface area contributed by atoms with Crippen LogP contribution >= 0.6 is 0 Å². The average Bonchev–Trinajstić information content (AvgIpc) is 2.85. The Hall–Kier alpha value is -2.44. The van der Waals surface area contributed by atoms with E-state index in [1.165, 1.54) is 6.07 Å². The van der Waals surface area contributed by atoms with E-state index in [4.69, 9.17) is 4.52 Å². The molecule has 3 heterocycles. The maximum absolute atomic E-state index is 12.8. The van der Waals surface area contributed by atoms with Crippen LogP contribution in [0.25, 0.3) is 0 Å². The Morgan fingerprint density at radius 2 is 2.17 bits per heavy atom. The molecule has 7 heteroatoms. The first-order valence-electron chi connectivity index (χ1n) is 7.75. The van der Waals surface area contributed by atoms with E-state index >= 15 is 0 Å². The molecular weight excluding hydrogens is 296 g/mol. The van der Waals surface area contributed by atoms with Gasteiger partial charge in [0.05, 0.1) is 11.4 Å². The highest BCUT2D eigenvalue weighted by atomic mass is 16.5. The van der Waals surface area contributed by atoms with Crippen molar-refractivity contribution in [1.82, 2.24) is 20.0 Å². The van der Waals surface area contributed by atoms with Gasteiger partial charge in [-0.1, -0.05) is 5.16 Å². The Morgan fingerprint density at radius 1 is 1.39 bits per heavy atom. The van der Waals surface area contributed by atoms with Crippen LogP contribution in [0.15, 0.2) is 15.4 Å². The van der Waals surface area contributed by atoms with Gasteiger partial charge in [-0.3, -0.25) is 9.59 Å². The molecule has 3 rings (SSSR count). The lowest BCUT2D eigenvalue weighted by Crippen LogP contribution is -2.40. The van der Waals surface area contributed by atoms with Crippen molar-refractivity contribution in [2.45, 2.75) is 39.5 Å². The summed E-state index contributed by atoms with van der Waals surface area (Å²) in [6.07, 6.45) is 1.80. The monoisotopic (exact) mass is 316 g/mol. The summed E-state index contributed by atoms with van der Waals surface area (Å²) in [6, 6.07) is 1.53. The molecule has 0 saturated carbocycles. The van der Waals surface area contributed by atoms with Gasteiger partial charge in [-0.2, -0.15) is 0 Å². The molecule has 0 bridgehead atoms. The molecule has 7 nitrogen and oxygen atoms in total. The number of aromatic nitrogens is 3. The Kier molecular flexibility index (Phi) is 4.02. The minimum Gasteiger partial charge on any atom is -0.361 e. The molecule has 1 aliphatic rings. The second-order valence-corrected chi connectivity index (χ2v) is 6.05. The Labute approximate surface area is 133 Å². The van der Waals surface area contributed by atoms with Crippen molar-refractivity contribution >= 4 is 5.91 Å². The van der Waals surface area contributed by atoms with E-state index in [0.29, 0.717) is 35.9 Å². The summed E-state index contributed by atoms with van der Waals surface area (Å²) < 4.78 is 5.09. The molecule has 1 amide bonds. The molecule has 1 N–H and O–H groups in total. The third kappa shape index (κ3) is 3.04. The first-order chi connectivity index (χ1) is 11.0. The second kappa shape index (κ2) is 5.98. The van der Waals surface area contributed by atoms with Gasteiger partial charge >= 0.3 is 0 Å². The number of H-pyrrole nitrogens is 1. The molecule has 1 unspecified atom stereocenters. The summed E-state index contributed by atoms with van der Waals surface area (Å²) in [5.74, 6) is 1.16. The predicted molar refractivity (Wildman–Crippen MR) is 83.5 cm³/mol. The highest BCUT2D eigenvalue weighted by molar-refractivity contribution is 5.96. The van der Waals surface area contributed by atoms with Crippen molar-refractivity contribution < 1.29 is 9.32 Å². The zero-order valence-corrected chi connectivity index (χ0v) is 13.5. The number of carbonyl (C=O) groups is 1. The smallest absolute Gasteiger partial charge is 0.259 e. The fraction of sp³-hybridized carbons (Fsp3) is 0.500. The average molecular weight is 316 g/mol. The fourth-order valence-corrected chi connectivity index (χ4v) is 3.16. The quantitative estimate of drug-likeness (QED) is 0.910. The van der Waals surface area contributed by atoms with E-state index in [0.717, 1.165) is 18.5 Å². The van der Waals surface area contributed by atoms with E-state index in [1.54, 1.807) is 25.7 Å². The summed E-state index contributed by atoms with van der Waals surface area (Å²) in [7, 11) is 0. The molecule has 0 spiro atoms. The van der Waals surface area contributed by atoms with E-state index in [-0.39, 0.29) is 17.4 Å². The lowest BCUT2D eigenvalue weighted by molar-refractivity contribution is 0.0703. The van der Waals surface area contributed by atoms with E-state index in [9.17, 15) is 9.59 Å². The number of piperidine rings is 1. The zero-order chi connectivity index (χ0) is 16.6.